The summed E-state index contributed by atoms with van der Waals surface area (Å²) in [5.41, 5.74) is 5.96. The van der Waals surface area contributed by atoms with E-state index in [2.05, 4.69) is 13.8 Å². The zero-order chi connectivity index (χ0) is 10.1. The van der Waals surface area contributed by atoms with Crippen LogP contribution in [-0.2, 0) is 9.47 Å². The molecule has 80 valence electrons. The van der Waals surface area contributed by atoms with Gasteiger partial charge in [-0.15, -0.1) is 0 Å². The van der Waals surface area contributed by atoms with Gasteiger partial charge in [0, 0.05) is 13.2 Å². The number of rotatable bonds is 8. The van der Waals surface area contributed by atoms with E-state index in [4.69, 9.17) is 15.2 Å². The largest absolute Gasteiger partial charge is 0.382 e. The minimum Gasteiger partial charge on any atom is -0.382 e. The normalized spacial score (nSPS) is 13.6. The second-order valence-corrected chi connectivity index (χ2v) is 3.31. The Labute approximate surface area is 81.6 Å². The van der Waals surface area contributed by atoms with Crippen LogP contribution in [0.25, 0.3) is 0 Å². The zero-order valence-corrected chi connectivity index (χ0v) is 9.08. The van der Waals surface area contributed by atoms with Gasteiger partial charge in [-0.2, -0.15) is 0 Å². The Morgan fingerprint density at radius 1 is 1.15 bits per heavy atom. The molecule has 13 heavy (non-hydrogen) atoms. The maximum absolute atomic E-state index is 5.96. The van der Waals surface area contributed by atoms with Gasteiger partial charge in [-0.3, -0.25) is 0 Å². The third-order valence-electron chi connectivity index (χ3n) is 2.40. The van der Waals surface area contributed by atoms with Crippen LogP contribution in [0.5, 0.6) is 0 Å². The Morgan fingerprint density at radius 3 is 2.23 bits per heavy atom. The molecule has 0 aromatic heterocycles. The van der Waals surface area contributed by atoms with Crippen LogP contribution < -0.4 is 5.73 Å². The zero-order valence-electron chi connectivity index (χ0n) is 9.08. The van der Waals surface area contributed by atoms with Gasteiger partial charge in [0.1, 0.15) is 0 Å². The van der Waals surface area contributed by atoms with E-state index in [0.717, 1.165) is 12.8 Å². The van der Waals surface area contributed by atoms with Gasteiger partial charge in [0.2, 0.25) is 0 Å². The number of hydrogen-bond donors (Lipinski definition) is 1. The molecule has 0 aromatic carbocycles. The van der Waals surface area contributed by atoms with E-state index in [1.807, 2.05) is 0 Å². The van der Waals surface area contributed by atoms with E-state index in [1.165, 1.54) is 0 Å². The lowest BCUT2D eigenvalue weighted by Gasteiger charge is -2.20. The molecule has 0 radical (unpaired) electrons. The average Bonchev–Trinajstić information content (AvgIpc) is 2.14. The summed E-state index contributed by atoms with van der Waals surface area (Å²) in [5.74, 6) is 0.586. The quantitative estimate of drug-likeness (QED) is 0.587. The van der Waals surface area contributed by atoms with E-state index in [-0.39, 0.29) is 6.04 Å². The molecule has 0 aliphatic heterocycles. The molecule has 3 nitrogen and oxygen atoms in total. The van der Waals surface area contributed by atoms with Crippen LogP contribution in [0.2, 0.25) is 0 Å². The van der Waals surface area contributed by atoms with Crippen molar-refractivity contribution < 1.29 is 9.47 Å². The van der Waals surface area contributed by atoms with Crippen molar-refractivity contribution in [3.63, 3.8) is 0 Å². The lowest BCUT2D eigenvalue weighted by Crippen LogP contribution is -2.34. The summed E-state index contributed by atoms with van der Waals surface area (Å²) in [6.07, 6.45) is 2.26. The van der Waals surface area contributed by atoms with Crippen LogP contribution in [0.15, 0.2) is 0 Å². The summed E-state index contributed by atoms with van der Waals surface area (Å²) in [5, 5.41) is 0. The van der Waals surface area contributed by atoms with Gasteiger partial charge >= 0.3 is 0 Å². The van der Waals surface area contributed by atoms with Gasteiger partial charge in [-0.1, -0.05) is 26.7 Å². The fourth-order valence-electron chi connectivity index (χ4n) is 1.39. The van der Waals surface area contributed by atoms with Gasteiger partial charge in [-0.25, -0.2) is 0 Å². The molecule has 0 heterocycles. The molecule has 0 aliphatic rings. The van der Waals surface area contributed by atoms with Crippen molar-refractivity contribution in [1.82, 2.24) is 0 Å². The van der Waals surface area contributed by atoms with Crippen LogP contribution in [-0.4, -0.2) is 33.0 Å². The fraction of sp³-hybridized carbons (Fsp3) is 1.00. The van der Waals surface area contributed by atoms with Crippen molar-refractivity contribution >= 4 is 0 Å². The topological polar surface area (TPSA) is 44.5 Å². The summed E-state index contributed by atoms with van der Waals surface area (Å²) < 4.78 is 10.2. The second kappa shape index (κ2) is 8.48. The fourth-order valence-corrected chi connectivity index (χ4v) is 1.39. The molecule has 0 spiro atoms. The van der Waals surface area contributed by atoms with E-state index in [1.54, 1.807) is 7.11 Å². The van der Waals surface area contributed by atoms with Gasteiger partial charge in [0.05, 0.1) is 19.8 Å². The molecule has 1 atom stereocenters. The minimum absolute atomic E-state index is 0.173. The number of ether oxygens (including phenoxy) is 2. The second-order valence-electron chi connectivity index (χ2n) is 3.31. The first-order valence-electron chi connectivity index (χ1n) is 5.08. The molecule has 0 aliphatic carbocycles. The Bertz CT molecular complexity index is 105. The Kier molecular flexibility index (Phi) is 8.40. The monoisotopic (exact) mass is 189 g/mol. The standard InChI is InChI=1S/C10H23NO2/c1-4-9(5-2)10(11)8-13-7-6-12-3/h9-10H,4-8,11H2,1-3H3. The Morgan fingerprint density at radius 2 is 1.77 bits per heavy atom. The molecular weight excluding hydrogens is 166 g/mol. The highest BCUT2D eigenvalue weighted by molar-refractivity contribution is 4.69. The third kappa shape index (κ3) is 6.02. The highest BCUT2D eigenvalue weighted by atomic mass is 16.5. The van der Waals surface area contributed by atoms with Gasteiger partial charge in [-0.05, 0) is 5.92 Å². The van der Waals surface area contributed by atoms with Crippen molar-refractivity contribution in [2.45, 2.75) is 32.7 Å². The van der Waals surface area contributed by atoms with E-state index >= 15 is 0 Å². The lowest BCUT2D eigenvalue weighted by atomic mass is 9.96. The van der Waals surface area contributed by atoms with Gasteiger partial charge in [0.15, 0.2) is 0 Å². The summed E-state index contributed by atoms with van der Waals surface area (Å²) >= 11 is 0. The predicted molar refractivity (Wildman–Crippen MR) is 54.7 cm³/mol. The van der Waals surface area contributed by atoms with Crippen molar-refractivity contribution in [2.75, 3.05) is 26.9 Å². The first-order valence-corrected chi connectivity index (χ1v) is 5.08. The summed E-state index contributed by atoms with van der Waals surface area (Å²) in [4.78, 5) is 0. The summed E-state index contributed by atoms with van der Waals surface area (Å²) in [6.45, 7) is 6.28. The van der Waals surface area contributed by atoms with E-state index in [9.17, 15) is 0 Å². The molecule has 0 saturated carbocycles. The van der Waals surface area contributed by atoms with Crippen molar-refractivity contribution in [1.29, 1.82) is 0 Å². The number of nitrogens with two attached hydrogens (primary N) is 1. The van der Waals surface area contributed by atoms with Crippen molar-refractivity contribution in [3.05, 3.63) is 0 Å². The summed E-state index contributed by atoms with van der Waals surface area (Å²) in [7, 11) is 1.67. The van der Waals surface area contributed by atoms with E-state index < -0.39 is 0 Å². The molecule has 0 rings (SSSR count). The maximum Gasteiger partial charge on any atom is 0.0701 e. The predicted octanol–water partition coefficient (Wildman–Crippen LogP) is 1.41. The van der Waals surface area contributed by atoms with Crippen LogP contribution in [0, 0.1) is 5.92 Å². The molecule has 3 heteroatoms. The Hall–Kier alpha value is -0.120. The smallest absolute Gasteiger partial charge is 0.0701 e. The number of methoxy groups -OCH3 is 1. The first-order chi connectivity index (χ1) is 6.26. The van der Waals surface area contributed by atoms with Gasteiger partial charge in [0.25, 0.3) is 0 Å². The van der Waals surface area contributed by atoms with Crippen LogP contribution >= 0.6 is 0 Å². The maximum atomic E-state index is 5.96. The van der Waals surface area contributed by atoms with Crippen LogP contribution in [0.3, 0.4) is 0 Å². The molecule has 0 aromatic rings. The van der Waals surface area contributed by atoms with Crippen molar-refractivity contribution in [2.24, 2.45) is 11.7 Å². The van der Waals surface area contributed by atoms with Crippen molar-refractivity contribution in [3.8, 4) is 0 Å². The molecule has 1 unspecified atom stereocenters. The summed E-state index contributed by atoms with van der Waals surface area (Å²) in [6, 6.07) is 0.173. The minimum atomic E-state index is 0.173. The van der Waals surface area contributed by atoms with Crippen LogP contribution in [0.1, 0.15) is 26.7 Å². The number of hydrogen-bond acceptors (Lipinski definition) is 3. The highest BCUT2D eigenvalue weighted by Crippen LogP contribution is 2.11. The van der Waals surface area contributed by atoms with Crippen LogP contribution in [0.4, 0.5) is 0 Å². The lowest BCUT2D eigenvalue weighted by molar-refractivity contribution is 0.0551. The SMILES string of the molecule is CCC(CC)C(N)COCCOC. The molecule has 0 fully saturated rings. The molecule has 0 saturated heterocycles. The molecule has 0 amide bonds. The van der Waals surface area contributed by atoms with Gasteiger partial charge < -0.3 is 15.2 Å². The first kappa shape index (κ1) is 12.9. The molecule has 0 bridgehead atoms. The Balaban J connectivity index is 3.42. The molecule has 2 N–H and O–H groups in total. The third-order valence-corrected chi connectivity index (χ3v) is 2.40. The van der Waals surface area contributed by atoms with E-state index in [0.29, 0.717) is 25.7 Å². The highest BCUT2D eigenvalue weighted by Gasteiger charge is 2.13. The molecular formula is C10H23NO2. The average molecular weight is 189 g/mol.